The predicted octanol–water partition coefficient (Wildman–Crippen LogP) is 3.63. The summed E-state index contributed by atoms with van der Waals surface area (Å²) < 4.78 is 5.24. The number of furan rings is 1. The maximum Gasteiger partial charge on any atom is 0.193 e. The lowest BCUT2D eigenvalue weighted by Gasteiger charge is -2.08. The standard InChI is InChI=1S/C11H9Cl2NO/c12-8-3-1-2-7(6-8)11(14)9-4-5-10(13)15-9/h1-6,11H,14H2. The monoisotopic (exact) mass is 241 g/mol. The normalized spacial score (nSPS) is 12.7. The number of benzene rings is 1. The van der Waals surface area contributed by atoms with Gasteiger partial charge in [-0.05, 0) is 41.4 Å². The van der Waals surface area contributed by atoms with E-state index in [4.69, 9.17) is 33.4 Å². The number of hydrogen-bond acceptors (Lipinski definition) is 2. The smallest absolute Gasteiger partial charge is 0.193 e. The number of hydrogen-bond donors (Lipinski definition) is 1. The van der Waals surface area contributed by atoms with Crippen molar-refractivity contribution >= 4 is 23.2 Å². The van der Waals surface area contributed by atoms with E-state index in [0.29, 0.717) is 16.0 Å². The lowest BCUT2D eigenvalue weighted by molar-refractivity contribution is 0.491. The molecule has 0 saturated heterocycles. The van der Waals surface area contributed by atoms with Crippen molar-refractivity contribution in [2.75, 3.05) is 0 Å². The van der Waals surface area contributed by atoms with Crippen molar-refractivity contribution in [2.24, 2.45) is 5.73 Å². The molecule has 0 fully saturated rings. The Morgan fingerprint density at radius 1 is 1.13 bits per heavy atom. The highest BCUT2D eigenvalue weighted by Crippen LogP contribution is 2.25. The lowest BCUT2D eigenvalue weighted by atomic mass is 10.1. The van der Waals surface area contributed by atoms with E-state index in [1.165, 1.54) is 0 Å². The van der Waals surface area contributed by atoms with E-state index in [9.17, 15) is 0 Å². The summed E-state index contributed by atoms with van der Waals surface area (Å²) in [6, 6.07) is 10.4. The molecule has 1 atom stereocenters. The fraction of sp³-hybridized carbons (Fsp3) is 0.0909. The van der Waals surface area contributed by atoms with Gasteiger partial charge < -0.3 is 10.2 Å². The summed E-state index contributed by atoms with van der Waals surface area (Å²) in [5.74, 6) is 0.627. The van der Waals surface area contributed by atoms with Gasteiger partial charge in [-0.15, -0.1) is 0 Å². The summed E-state index contributed by atoms with van der Waals surface area (Å²) >= 11 is 11.5. The zero-order chi connectivity index (χ0) is 10.8. The summed E-state index contributed by atoms with van der Waals surface area (Å²) in [5.41, 5.74) is 6.88. The van der Waals surface area contributed by atoms with Crippen LogP contribution in [0.4, 0.5) is 0 Å². The summed E-state index contributed by atoms with van der Waals surface area (Å²) in [4.78, 5) is 0. The van der Waals surface area contributed by atoms with E-state index in [0.717, 1.165) is 5.56 Å². The van der Waals surface area contributed by atoms with Gasteiger partial charge >= 0.3 is 0 Å². The predicted molar refractivity (Wildman–Crippen MR) is 61.2 cm³/mol. The Kier molecular flexibility index (Phi) is 3.00. The average Bonchev–Trinajstić information content (AvgIpc) is 2.64. The molecule has 0 saturated carbocycles. The summed E-state index contributed by atoms with van der Waals surface area (Å²) in [6.45, 7) is 0. The summed E-state index contributed by atoms with van der Waals surface area (Å²) in [6.07, 6.45) is 0. The minimum Gasteiger partial charge on any atom is -0.448 e. The Labute approximate surface area is 97.6 Å². The van der Waals surface area contributed by atoms with E-state index < -0.39 is 0 Å². The molecule has 4 heteroatoms. The molecule has 0 bridgehead atoms. The third kappa shape index (κ3) is 2.34. The molecule has 1 heterocycles. The molecule has 2 aromatic rings. The van der Waals surface area contributed by atoms with E-state index in [1.807, 2.05) is 18.2 Å². The van der Waals surface area contributed by atoms with E-state index >= 15 is 0 Å². The SMILES string of the molecule is NC(c1cccc(Cl)c1)c1ccc(Cl)o1. The minimum absolute atomic E-state index is 0.336. The van der Waals surface area contributed by atoms with Crippen molar-refractivity contribution < 1.29 is 4.42 Å². The highest BCUT2D eigenvalue weighted by molar-refractivity contribution is 6.30. The Balaban J connectivity index is 2.32. The first-order valence-electron chi connectivity index (χ1n) is 4.43. The molecule has 1 aromatic carbocycles. The van der Waals surface area contributed by atoms with Crippen molar-refractivity contribution in [3.8, 4) is 0 Å². The van der Waals surface area contributed by atoms with Crippen molar-refractivity contribution in [2.45, 2.75) is 6.04 Å². The Hall–Kier alpha value is -0.960. The zero-order valence-electron chi connectivity index (χ0n) is 7.78. The number of rotatable bonds is 2. The van der Waals surface area contributed by atoms with Crippen LogP contribution in [0.3, 0.4) is 0 Å². The van der Waals surface area contributed by atoms with Crippen LogP contribution < -0.4 is 5.73 Å². The van der Waals surface area contributed by atoms with Gasteiger partial charge in [-0.2, -0.15) is 0 Å². The maximum absolute atomic E-state index is 5.99. The molecule has 2 nitrogen and oxygen atoms in total. The van der Waals surface area contributed by atoms with E-state index in [-0.39, 0.29) is 6.04 Å². The maximum atomic E-state index is 5.99. The molecule has 1 aromatic heterocycles. The van der Waals surface area contributed by atoms with Gasteiger partial charge in [0.05, 0.1) is 6.04 Å². The van der Waals surface area contributed by atoms with Gasteiger partial charge in [0, 0.05) is 5.02 Å². The van der Waals surface area contributed by atoms with Gasteiger partial charge in [0.25, 0.3) is 0 Å². The fourth-order valence-electron chi connectivity index (χ4n) is 1.36. The molecular formula is C11H9Cl2NO. The van der Waals surface area contributed by atoms with E-state index in [1.54, 1.807) is 18.2 Å². The lowest BCUT2D eigenvalue weighted by Crippen LogP contribution is -2.10. The molecular weight excluding hydrogens is 233 g/mol. The second-order valence-corrected chi connectivity index (χ2v) is 3.98. The first-order chi connectivity index (χ1) is 7.16. The molecule has 2 rings (SSSR count). The molecule has 0 aliphatic heterocycles. The average molecular weight is 242 g/mol. The van der Waals surface area contributed by atoms with Gasteiger partial charge in [-0.1, -0.05) is 23.7 Å². The van der Waals surface area contributed by atoms with Crippen LogP contribution in [0.5, 0.6) is 0 Å². The highest BCUT2D eigenvalue weighted by Gasteiger charge is 2.12. The minimum atomic E-state index is -0.337. The fourth-order valence-corrected chi connectivity index (χ4v) is 1.71. The Morgan fingerprint density at radius 2 is 1.93 bits per heavy atom. The topological polar surface area (TPSA) is 39.2 Å². The Bertz CT molecular complexity index is 467. The Morgan fingerprint density at radius 3 is 2.53 bits per heavy atom. The van der Waals surface area contributed by atoms with Crippen LogP contribution in [0.25, 0.3) is 0 Å². The number of halogens is 2. The summed E-state index contributed by atoms with van der Waals surface area (Å²) in [7, 11) is 0. The van der Waals surface area contributed by atoms with Crippen LogP contribution in [0, 0.1) is 0 Å². The van der Waals surface area contributed by atoms with Crippen molar-refractivity contribution in [1.82, 2.24) is 0 Å². The molecule has 0 spiro atoms. The largest absolute Gasteiger partial charge is 0.448 e. The van der Waals surface area contributed by atoms with Crippen molar-refractivity contribution in [3.05, 3.63) is 58.0 Å². The zero-order valence-corrected chi connectivity index (χ0v) is 9.29. The first kappa shape index (κ1) is 10.6. The second-order valence-electron chi connectivity index (χ2n) is 3.17. The van der Waals surface area contributed by atoms with Crippen LogP contribution in [-0.4, -0.2) is 0 Å². The molecule has 15 heavy (non-hydrogen) atoms. The molecule has 0 amide bonds. The van der Waals surface area contributed by atoms with Crippen LogP contribution in [-0.2, 0) is 0 Å². The quantitative estimate of drug-likeness (QED) is 0.873. The first-order valence-corrected chi connectivity index (χ1v) is 5.18. The van der Waals surface area contributed by atoms with Gasteiger partial charge in [-0.25, -0.2) is 0 Å². The van der Waals surface area contributed by atoms with Crippen LogP contribution in [0.2, 0.25) is 10.2 Å². The molecule has 78 valence electrons. The van der Waals surface area contributed by atoms with Crippen LogP contribution in [0.1, 0.15) is 17.4 Å². The molecule has 0 aliphatic carbocycles. The van der Waals surface area contributed by atoms with Gasteiger partial charge in [0.2, 0.25) is 0 Å². The number of nitrogens with two attached hydrogens (primary N) is 1. The van der Waals surface area contributed by atoms with Crippen molar-refractivity contribution in [3.63, 3.8) is 0 Å². The molecule has 2 N–H and O–H groups in total. The third-order valence-corrected chi connectivity index (χ3v) is 2.55. The molecule has 1 unspecified atom stereocenters. The van der Waals surface area contributed by atoms with Gasteiger partial charge in [-0.3, -0.25) is 0 Å². The van der Waals surface area contributed by atoms with Crippen LogP contribution >= 0.6 is 23.2 Å². The van der Waals surface area contributed by atoms with Gasteiger partial charge in [0.1, 0.15) is 5.76 Å². The molecule has 0 aliphatic rings. The van der Waals surface area contributed by atoms with Gasteiger partial charge in [0.15, 0.2) is 5.22 Å². The summed E-state index contributed by atoms with van der Waals surface area (Å²) in [5, 5.41) is 0.989. The third-order valence-electron chi connectivity index (χ3n) is 2.11. The highest BCUT2D eigenvalue weighted by atomic mass is 35.5. The van der Waals surface area contributed by atoms with Crippen LogP contribution in [0.15, 0.2) is 40.8 Å². The van der Waals surface area contributed by atoms with E-state index in [2.05, 4.69) is 0 Å². The second kappa shape index (κ2) is 4.27. The molecule has 0 radical (unpaired) electrons. The van der Waals surface area contributed by atoms with Crippen molar-refractivity contribution in [1.29, 1.82) is 0 Å².